The van der Waals surface area contributed by atoms with E-state index in [2.05, 4.69) is 5.32 Å². The number of hydrogen-bond donors (Lipinski definition) is 4. The first-order valence-electron chi connectivity index (χ1n) is 7.74. The van der Waals surface area contributed by atoms with Crippen molar-refractivity contribution in [1.82, 2.24) is 5.32 Å². The molecule has 2 atom stereocenters. The zero-order chi connectivity index (χ0) is 17.6. The second-order valence-electron chi connectivity index (χ2n) is 6.27. The predicted molar refractivity (Wildman–Crippen MR) is 86.4 cm³/mol. The summed E-state index contributed by atoms with van der Waals surface area (Å²) in [6, 6.07) is 3.48. The number of carboxylic acids is 1. The first-order valence-corrected chi connectivity index (χ1v) is 7.74. The molecule has 4 N–H and O–H groups in total. The number of carbonyl (C=O) groups is 2. The van der Waals surface area contributed by atoms with Gasteiger partial charge in [0.2, 0.25) is 5.91 Å². The fourth-order valence-electron chi connectivity index (χ4n) is 2.41. The van der Waals surface area contributed by atoms with Crippen molar-refractivity contribution < 1.29 is 24.9 Å². The van der Waals surface area contributed by atoms with Crippen molar-refractivity contribution in [2.75, 3.05) is 0 Å². The van der Waals surface area contributed by atoms with Crippen LogP contribution in [0, 0.1) is 5.92 Å². The lowest BCUT2D eigenvalue weighted by atomic mass is 9.95. The average molecular weight is 323 g/mol. The molecular formula is C17H25NO5. The van der Waals surface area contributed by atoms with E-state index in [4.69, 9.17) is 5.11 Å². The summed E-state index contributed by atoms with van der Waals surface area (Å²) in [4.78, 5) is 23.1. The Kier molecular flexibility index (Phi) is 6.88. The van der Waals surface area contributed by atoms with Gasteiger partial charge in [-0.1, -0.05) is 26.8 Å². The van der Waals surface area contributed by atoms with Crippen LogP contribution in [0.5, 0.6) is 11.5 Å². The van der Waals surface area contributed by atoms with Gasteiger partial charge in [0.1, 0.15) is 17.5 Å². The van der Waals surface area contributed by atoms with E-state index in [1.54, 1.807) is 6.07 Å². The molecule has 0 aliphatic rings. The maximum absolute atomic E-state index is 11.9. The van der Waals surface area contributed by atoms with Crippen molar-refractivity contribution in [2.45, 2.75) is 52.0 Å². The largest absolute Gasteiger partial charge is 0.508 e. The molecule has 1 unspecified atom stereocenters. The zero-order valence-electron chi connectivity index (χ0n) is 13.7. The lowest BCUT2D eigenvalue weighted by Gasteiger charge is -2.18. The molecule has 0 heterocycles. The third-order valence-electron chi connectivity index (χ3n) is 3.69. The van der Waals surface area contributed by atoms with Crippen molar-refractivity contribution in [3.8, 4) is 11.5 Å². The highest BCUT2D eigenvalue weighted by Gasteiger charge is 2.21. The summed E-state index contributed by atoms with van der Waals surface area (Å²) in [5, 5.41) is 30.7. The van der Waals surface area contributed by atoms with Crippen LogP contribution in [0.2, 0.25) is 0 Å². The first kappa shape index (κ1) is 18.8. The molecule has 0 aromatic heterocycles. The Morgan fingerprint density at radius 3 is 2.35 bits per heavy atom. The minimum absolute atomic E-state index is 0.0128. The van der Waals surface area contributed by atoms with Crippen LogP contribution in [0.3, 0.4) is 0 Å². The third-order valence-corrected chi connectivity index (χ3v) is 3.69. The third kappa shape index (κ3) is 6.18. The van der Waals surface area contributed by atoms with Gasteiger partial charge in [-0.2, -0.15) is 0 Å². The van der Waals surface area contributed by atoms with E-state index in [9.17, 15) is 19.8 Å². The van der Waals surface area contributed by atoms with Crippen LogP contribution in [0.1, 0.15) is 51.5 Å². The minimum atomic E-state index is -1.03. The van der Waals surface area contributed by atoms with Crippen molar-refractivity contribution >= 4 is 11.9 Å². The molecule has 0 fully saturated rings. The molecule has 128 valence electrons. The van der Waals surface area contributed by atoms with Crippen LogP contribution in [0.25, 0.3) is 0 Å². The molecule has 0 aliphatic carbocycles. The average Bonchev–Trinajstić information content (AvgIpc) is 2.43. The van der Waals surface area contributed by atoms with Gasteiger partial charge >= 0.3 is 5.97 Å². The number of hydrogen-bond acceptors (Lipinski definition) is 4. The van der Waals surface area contributed by atoms with Crippen LogP contribution in [0.15, 0.2) is 18.2 Å². The molecule has 1 aromatic carbocycles. The van der Waals surface area contributed by atoms with Crippen molar-refractivity contribution in [3.05, 3.63) is 23.8 Å². The number of carboxylic acid groups (broad SMARTS) is 1. The summed E-state index contributed by atoms with van der Waals surface area (Å²) >= 11 is 0. The Bertz CT molecular complexity index is 556. The molecule has 6 heteroatoms. The normalized spacial score (nSPS) is 13.6. The number of rotatable bonds is 8. The summed E-state index contributed by atoms with van der Waals surface area (Å²) in [5.74, 6) is -1.30. The summed E-state index contributed by atoms with van der Waals surface area (Å²) < 4.78 is 0. The summed E-state index contributed by atoms with van der Waals surface area (Å²) in [6.07, 6.45) is 1.02. The van der Waals surface area contributed by atoms with E-state index in [0.29, 0.717) is 18.4 Å². The van der Waals surface area contributed by atoms with Crippen molar-refractivity contribution in [3.63, 3.8) is 0 Å². The number of aromatic hydroxyl groups is 2. The van der Waals surface area contributed by atoms with E-state index < -0.39 is 12.0 Å². The Morgan fingerprint density at radius 1 is 1.17 bits per heavy atom. The second-order valence-corrected chi connectivity index (χ2v) is 6.27. The van der Waals surface area contributed by atoms with Gasteiger partial charge in [-0.05, 0) is 36.3 Å². The van der Waals surface area contributed by atoms with E-state index in [1.165, 1.54) is 12.1 Å². The second kappa shape index (κ2) is 8.41. The standard InChI is InChI=1S/C17H25NO5/c1-10(2)8-14(17(22)23)18-16(21)7-4-11(3)13-6-5-12(19)9-15(13)20/h5-6,9-11,14,19-20H,4,7-8H2,1-3H3,(H,18,21)(H,22,23)/t11?,14-/m0/s1. The Morgan fingerprint density at radius 2 is 1.83 bits per heavy atom. The van der Waals surface area contributed by atoms with E-state index in [-0.39, 0.29) is 35.7 Å². The van der Waals surface area contributed by atoms with Crippen LogP contribution in [-0.4, -0.2) is 33.2 Å². The van der Waals surface area contributed by atoms with E-state index in [1.807, 2.05) is 20.8 Å². The molecule has 0 radical (unpaired) electrons. The molecule has 0 spiro atoms. The van der Waals surface area contributed by atoms with Gasteiger partial charge in [-0.25, -0.2) is 4.79 Å². The monoisotopic (exact) mass is 323 g/mol. The number of benzene rings is 1. The lowest BCUT2D eigenvalue weighted by molar-refractivity contribution is -0.142. The van der Waals surface area contributed by atoms with Gasteiger partial charge in [-0.3, -0.25) is 4.79 Å². The zero-order valence-corrected chi connectivity index (χ0v) is 13.7. The maximum Gasteiger partial charge on any atom is 0.326 e. The highest BCUT2D eigenvalue weighted by Crippen LogP contribution is 2.31. The molecule has 23 heavy (non-hydrogen) atoms. The van der Waals surface area contributed by atoms with Crippen molar-refractivity contribution in [1.29, 1.82) is 0 Å². The van der Waals surface area contributed by atoms with Gasteiger partial charge in [-0.15, -0.1) is 0 Å². The summed E-state index contributed by atoms with van der Waals surface area (Å²) in [7, 11) is 0. The van der Waals surface area contributed by atoms with Gasteiger partial charge in [0, 0.05) is 12.5 Å². The quantitative estimate of drug-likeness (QED) is 0.588. The Labute approximate surface area is 136 Å². The SMILES string of the molecule is CC(C)C[C@H](NC(=O)CCC(C)c1ccc(O)cc1O)C(=O)O. The highest BCUT2D eigenvalue weighted by atomic mass is 16.4. The smallest absolute Gasteiger partial charge is 0.326 e. The number of phenols is 2. The Balaban J connectivity index is 2.56. The molecule has 6 nitrogen and oxygen atoms in total. The van der Waals surface area contributed by atoms with Crippen LogP contribution in [-0.2, 0) is 9.59 Å². The first-order chi connectivity index (χ1) is 10.7. The number of phenolic OH excluding ortho intramolecular Hbond substituents is 2. The van der Waals surface area contributed by atoms with Gasteiger partial charge in [0.25, 0.3) is 0 Å². The molecule has 1 rings (SSSR count). The molecule has 0 aliphatic heterocycles. The van der Waals surface area contributed by atoms with Crippen LogP contribution < -0.4 is 5.32 Å². The fourth-order valence-corrected chi connectivity index (χ4v) is 2.41. The molecule has 0 saturated heterocycles. The number of amides is 1. The summed E-state index contributed by atoms with van der Waals surface area (Å²) in [5.41, 5.74) is 0.646. The number of carbonyl (C=O) groups excluding carboxylic acids is 1. The van der Waals surface area contributed by atoms with Gasteiger partial charge < -0.3 is 20.6 Å². The maximum atomic E-state index is 11.9. The minimum Gasteiger partial charge on any atom is -0.508 e. The number of nitrogens with one attached hydrogen (secondary N) is 1. The molecule has 1 amide bonds. The van der Waals surface area contributed by atoms with Crippen LogP contribution in [0.4, 0.5) is 0 Å². The highest BCUT2D eigenvalue weighted by molar-refractivity contribution is 5.83. The van der Waals surface area contributed by atoms with Gasteiger partial charge in [0.15, 0.2) is 0 Å². The predicted octanol–water partition coefficient (Wildman–Crippen LogP) is 2.60. The van der Waals surface area contributed by atoms with Crippen molar-refractivity contribution in [2.24, 2.45) is 5.92 Å². The fraction of sp³-hybridized carbons (Fsp3) is 0.529. The number of aliphatic carboxylic acids is 1. The molecule has 1 aromatic rings. The molecule has 0 saturated carbocycles. The molecular weight excluding hydrogens is 298 g/mol. The van der Waals surface area contributed by atoms with E-state index >= 15 is 0 Å². The molecule has 0 bridgehead atoms. The summed E-state index contributed by atoms with van der Waals surface area (Å²) in [6.45, 7) is 5.66. The van der Waals surface area contributed by atoms with E-state index in [0.717, 1.165) is 0 Å². The van der Waals surface area contributed by atoms with Gasteiger partial charge in [0.05, 0.1) is 0 Å². The Hall–Kier alpha value is -2.24. The lowest BCUT2D eigenvalue weighted by Crippen LogP contribution is -2.41. The van der Waals surface area contributed by atoms with Crippen LogP contribution >= 0.6 is 0 Å². The topological polar surface area (TPSA) is 107 Å².